The number of amides is 1. The average molecular weight is 287 g/mol. The van der Waals surface area contributed by atoms with Crippen LogP contribution >= 0.6 is 0 Å². The summed E-state index contributed by atoms with van der Waals surface area (Å²) >= 11 is 0. The average Bonchev–Trinajstić information content (AvgIpc) is 2.84. The Labute approximate surface area is 136 Å². The molecule has 1 aliphatic heterocycles. The van der Waals surface area contributed by atoms with Gasteiger partial charge in [-0.1, -0.05) is 0 Å². The number of likely N-dealkylation sites (N-methyl/N-ethyl adjacent to an activating group) is 1. The largest absolute Gasteiger partial charge is 0.481 e. The molecule has 1 aromatic rings. The SMILES string of the molecule is COc1cc(C(N)=O)nc(O[C@@H](C)[C@@H]2CCCN2C)n1.[Li]. The van der Waals surface area contributed by atoms with E-state index in [9.17, 15) is 4.79 Å². The molecule has 111 valence electrons. The Hall–Kier alpha value is -1.29. The molecule has 1 saturated heterocycles. The van der Waals surface area contributed by atoms with Crippen molar-refractivity contribution >= 4 is 24.8 Å². The molecule has 8 heteroatoms. The van der Waals surface area contributed by atoms with Gasteiger partial charge in [-0.2, -0.15) is 9.97 Å². The molecule has 1 amide bonds. The summed E-state index contributed by atoms with van der Waals surface area (Å²) < 4.78 is 10.8. The number of ether oxygens (including phenoxy) is 2. The van der Waals surface area contributed by atoms with Crippen LogP contribution in [0.4, 0.5) is 0 Å². The van der Waals surface area contributed by atoms with Crippen LogP contribution < -0.4 is 15.2 Å². The van der Waals surface area contributed by atoms with E-state index in [1.165, 1.54) is 13.2 Å². The smallest absolute Gasteiger partial charge is 0.320 e. The summed E-state index contributed by atoms with van der Waals surface area (Å²) in [6, 6.07) is 1.83. The molecule has 1 radical (unpaired) electrons. The summed E-state index contributed by atoms with van der Waals surface area (Å²) in [5, 5.41) is 0. The zero-order valence-electron chi connectivity index (χ0n) is 13.0. The zero-order valence-corrected chi connectivity index (χ0v) is 13.0. The number of hydrogen-bond donors (Lipinski definition) is 1. The van der Waals surface area contributed by atoms with Crippen molar-refractivity contribution in [3.8, 4) is 11.9 Å². The van der Waals surface area contributed by atoms with Gasteiger partial charge in [-0.15, -0.1) is 0 Å². The normalized spacial score (nSPS) is 19.7. The number of nitrogens with zero attached hydrogens (tertiary/aromatic N) is 3. The number of methoxy groups -OCH3 is 1. The monoisotopic (exact) mass is 287 g/mol. The predicted molar refractivity (Wildman–Crippen MR) is 78.6 cm³/mol. The Kier molecular flexibility index (Phi) is 6.46. The number of aromatic nitrogens is 2. The van der Waals surface area contributed by atoms with Gasteiger partial charge in [-0.25, -0.2) is 0 Å². The second-order valence-electron chi connectivity index (χ2n) is 4.96. The Balaban J connectivity index is 0.00000220. The van der Waals surface area contributed by atoms with E-state index in [2.05, 4.69) is 21.9 Å². The molecule has 0 aromatic carbocycles. The number of nitrogens with two attached hydrogens (primary N) is 1. The quantitative estimate of drug-likeness (QED) is 0.770. The van der Waals surface area contributed by atoms with Gasteiger partial charge in [-0.05, 0) is 33.4 Å². The van der Waals surface area contributed by atoms with Crippen LogP contribution in [0.5, 0.6) is 11.9 Å². The first-order chi connectivity index (χ1) is 9.51. The van der Waals surface area contributed by atoms with Crippen LogP contribution in [0.15, 0.2) is 6.07 Å². The fraction of sp³-hybridized carbons (Fsp3) is 0.615. The third-order valence-electron chi connectivity index (χ3n) is 3.55. The van der Waals surface area contributed by atoms with Gasteiger partial charge in [0.25, 0.3) is 5.91 Å². The molecule has 0 aliphatic carbocycles. The molecule has 1 aromatic heterocycles. The van der Waals surface area contributed by atoms with Gasteiger partial charge in [0.1, 0.15) is 11.8 Å². The Morgan fingerprint density at radius 3 is 2.76 bits per heavy atom. The number of likely N-dealkylation sites (tertiary alicyclic amines) is 1. The summed E-state index contributed by atoms with van der Waals surface area (Å²) in [4.78, 5) is 21.6. The molecule has 0 spiro atoms. The second kappa shape index (κ2) is 7.64. The van der Waals surface area contributed by atoms with Crippen molar-refractivity contribution in [2.45, 2.75) is 31.9 Å². The fourth-order valence-corrected chi connectivity index (χ4v) is 2.46. The molecule has 2 atom stereocenters. The molecule has 1 aliphatic rings. The second-order valence-corrected chi connectivity index (χ2v) is 4.96. The maximum Gasteiger partial charge on any atom is 0.320 e. The molecule has 2 N–H and O–H groups in total. The molecule has 0 unspecified atom stereocenters. The van der Waals surface area contributed by atoms with E-state index >= 15 is 0 Å². The van der Waals surface area contributed by atoms with E-state index in [4.69, 9.17) is 15.2 Å². The maximum absolute atomic E-state index is 11.2. The van der Waals surface area contributed by atoms with E-state index in [0.717, 1.165) is 19.4 Å². The first-order valence-electron chi connectivity index (χ1n) is 6.61. The van der Waals surface area contributed by atoms with Crippen molar-refractivity contribution in [2.75, 3.05) is 20.7 Å². The Morgan fingerprint density at radius 2 is 2.24 bits per heavy atom. The number of hydrogen-bond acceptors (Lipinski definition) is 6. The summed E-state index contributed by atoms with van der Waals surface area (Å²) in [6.45, 7) is 3.03. The predicted octanol–water partition coefficient (Wildman–Crippen LogP) is 0.0648. The zero-order chi connectivity index (χ0) is 14.7. The molecule has 0 bridgehead atoms. The number of rotatable bonds is 5. The van der Waals surface area contributed by atoms with E-state index in [0.29, 0.717) is 6.04 Å². The molecular weight excluding hydrogens is 267 g/mol. The molecule has 21 heavy (non-hydrogen) atoms. The third kappa shape index (κ3) is 4.33. The van der Waals surface area contributed by atoms with Gasteiger partial charge >= 0.3 is 6.01 Å². The number of carbonyl (C=O) groups excluding carboxylic acids is 1. The summed E-state index contributed by atoms with van der Waals surface area (Å²) in [7, 11) is 3.53. The first kappa shape index (κ1) is 17.8. The van der Waals surface area contributed by atoms with Crippen LogP contribution in [-0.4, -0.2) is 72.5 Å². The van der Waals surface area contributed by atoms with Crippen LogP contribution in [0.2, 0.25) is 0 Å². The van der Waals surface area contributed by atoms with Crippen molar-refractivity contribution in [1.82, 2.24) is 14.9 Å². The van der Waals surface area contributed by atoms with Gasteiger partial charge in [0, 0.05) is 31.0 Å². The van der Waals surface area contributed by atoms with Crippen LogP contribution in [0.25, 0.3) is 0 Å². The van der Waals surface area contributed by atoms with Gasteiger partial charge < -0.3 is 15.2 Å². The van der Waals surface area contributed by atoms with Crippen molar-refractivity contribution in [1.29, 1.82) is 0 Å². The molecule has 7 nitrogen and oxygen atoms in total. The van der Waals surface area contributed by atoms with Gasteiger partial charge in [0.15, 0.2) is 0 Å². The van der Waals surface area contributed by atoms with Crippen molar-refractivity contribution in [3.05, 3.63) is 11.8 Å². The van der Waals surface area contributed by atoms with Crippen LogP contribution in [0.3, 0.4) is 0 Å². The van der Waals surface area contributed by atoms with Crippen LogP contribution in [0.1, 0.15) is 30.3 Å². The Bertz CT molecular complexity index is 500. The minimum Gasteiger partial charge on any atom is -0.481 e. The van der Waals surface area contributed by atoms with Crippen molar-refractivity contribution in [2.24, 2.45) is 5.73 Å². The minimum atomic E-state index is -0.638. The van der Waals surface area contributed by atoms with Crippen molar-refractivity contribution in [3.63, 3.8) is 0 Å². The summed E-state index contributed by atoms with van der Waals surface area (Å²) in [5.41, 5.74) is 5.31. The van der Waals surface area contributed by atoms with E-state index in [1.54, 1.807) is 0 Å². The molecular formula is C13H20LiN4O3. The van der Waals surface area contributed by atoms with Crippen LogP contribution in [-0.2, 0) is 0 Å². The summed E-state index contributed by atoms with van der Waals surface area (Å²) in [6.07, 6.45) is 2.15. The molecule has 2 rings (SSSR count). The summed E-state index contributed by atoms with van der Waals surface area (Å²) in [5.74, 6) is -0.378. The number of carbonyl (C=O) groups is 1. The Morgan fingerprint density at radius 1 is 1.52 bits per heavy atom. The van der Waals surface area contributed by atoms with Gasteiger partial charge in [0.05, 0.1) is 7.11 Å². The topological polar surface area (TPSA) is 90.6 Å². The van der Waals surface area contributed by atoms with E-state index < -0.39 is 5.91 Å². The van der Waals surface area contributed by atoms with E-state index in [1.807, 2.05) is 6.92 Å². The molecule has 0 saturated carbocycles. The van der Waals surface area contributed by atoms with E-state index in [-0.39, 0.29) is 42.5 Å². The van der Waals surface area contributed by atoms with Gasteiger partial charge in [-0.3, -0.25) is 9.69 Å². The number of primary amides is 1. The first-order valence-corrected chi connectivity index (χ1v) is 6.61. The fourth-order valence-electron chi connectivity index (χ4n) is 2.46. The standard InChI is InChI=1S/C13H20N4O3.Li/c1-8(10-5-4-6-17(10)2)20-13-15-9(12(14)18)7-11(16-13)19-3;/h7-8,10H,4-6H2,1-3H3,(H2,14,18);/t8-,10-;/m0./s1. The maximum atomic E-state index is 11.2. The van der Waals surface area contributed by atoms with Crippen LogP contribution in [0, 0.1) is 0 Å². The van der Waals surface area contributed by atoms with Gasteiger partial charge in [0.2, 0.25) is 5.88 Å². The third-order valence-corrected chi connectivity index (χ3v) is 3.55. The molecule has 1 fully saturated rings. The van der Waals surface area contributed by atoms with Crippen molar-refractivity contribution < 1.29 is 14.3 Å². The minimum absolute atomic E-state index is 0. The molecule has 2 heterocycles.